The van der Waals surface area contributed by atoms with Crippen molar-refractivity contribution < 1.29 is 9.63 Å². The molecule has 0 atom stereocenters. The second-order valence-electron chi connectivity index (χ2n) is 3.18. The third-order valence-corrected chi connectivity index (χ3v) is 1.19. The Kier molecular flexibility index (Phi) is 4.68. The molecular formula is C7H14BrNO2. The van der Waals surface area contributed by atoms with E-state index >= 15 is 0 Å². The van der Waals surface area contributed by atoms with Gasteiger partial charge in [-0.1, -0.05) is 15.9 Å². The Morgan fingerprint density at radius 2 is 2.09 bits per heavy atom. The van der Waals surface area contributed by atoms with E-state index in [0.29, 0.717) is 11.8 Å². The van der Waals surface area contributed by atoms with Crippen LogP contribution in [0.25, 0.3) is 0 Å². The predicted octanol–water partition coefficient (Wildman–Crippen LogP) is 1.62. The Hall–Kier alpha value is -0.0900. The minimum absolute atomic E-state index is 0.100. The molecule has 0 radical (unpaired) electrons. The Labute approximate surface area is 75.6 Å². The summed E-state index contributed by atoms with van der Waals surface area (Å²) in [7, 11) is 0. The van der Waals surface area contributed by atoms with Gasteiger partial charge in [0.05, 0.1) is 5.60 Å². The van der Waals surface area contributed by atoms with Crippen molar-refractivity contribution in [3.8, 4) is 0 Å². The Balaban J connectivity index is 3.46. The number of carbonyl (C=O) groups is 1. The van der Waals surface area contributed by atoms with Gasteiger partial charge in [-0.05, 0) is 20.8 Å². The highest BCUT2D eigenvalue weighted by molar-refractivity contribution is 9.09. The molecule has 0 aliphatic rings. The van der Waals surface area contributed by atoms with Crippen LogP contribution in [0.1, 0.15) is 27.2 Å². The molecule has 0 saturated heterocycles. The van der Waals surface area contributed by atoms with Crippen LogP contribution in [-0.4, -0.2) is 16.8 Å². The van der Waals surface area contributed by atoms with Gasteiger partial charge in [0.1, 0.15) is 0 Å². The molecule has 0 aliphatic heterocycles. The summed E-state index contributed by atoms with van der Waals surface area (Å²) < 4.78 is 0. The summed E-state index contributed by atoms with van der Waals surface area (Å²) in [6.07, 6.45) is 0.441. The molecule has 0 aromatic rings. The molecule has 0 spiro atoms. The van der Waals surface area contributed by atoms with Crippen molar-refractivity contribution in [3.63, 3.8) is 0 Å². The first kappa shape index (κ1) is 10.9. The fraction of sp³-hybridized carbons (Fsp3) is 0.857. The topological polar surface area (TPSA) is 38.3 Å². The maximum Gasteiger partial charge on any atom is 0.244 e. The summed E-state index contributed by atoms with van der Waals surface area (Å²) in [5.41, 5.74) is 2.04. The normalized spacial score (nSPS) is 11.3. The molecule has 0 aliphatic carbocycles. The van der Waals surface area contributed by atoms with E-state index < -0.39 is 0 Å². The molecule has 1 amide bonds. The van der Waals surface area contributed by atoms with Gasteiger partial charge in [0.2, 0.25) is 5.91 Å². The number of amides is 1. The smallest absolute Gasteiger partial charge is 0.244 e. The quantitative estimate of drug-likeness (QED) is 0.584. The summed E-state index contributed by atoms with van der Waals surface area (Å²) >= 11 is 3.15. The first-order chi connectivity index (χ1) is 4.95. The lowest BCUT2D eigenvalue weighted by atomic mass is 10.2. The summed E-state index contributed by atoms with van der Waals surface area (Å²) in [5, 5.41) is 0.659. The Bertz CT molecular complexity index is 131. The van der Waals surface area contributed by atoms with Gasteiger partial charge in [0.25, 0.3) is 0 Å². The van der Waals surface area contributed by atoms with Gasteiger partial charge in [0, 0.05) is 11.8 Å². The predicted molar refractivity (Wildman–Crippen MR) is 47.4 cm³/mol. The molecule has 0 unspecified atom stereocenters. The van der Waals surface area contributed by atoms with Crippen molar-refractivity contribution in [2.75, 3.05) is 5.33 Å². The first-order valence-electron chi connectivity index (χ1n) is 3.48. The number of carbonyl (C=O) groups excluding carboxylic acids is 1. The van der Waals surface area contributed by atoms with Crippen LogP contribution in [0.4, 0.5) is 0 Å². The fourth-order valence-corrected chi connectivity index (χ4v) is 0.707. The number of hydroxylamine groups is 1. The van der Waals surface area contributed by atoms with Crippen LogP contribution in [0.3, 0.4) is 0 Å². The third kappa shape index (κ3) is 7.81. The Morgan fingerprint density at radius 3 is 2.45 bits per heavy atom. The molecule has 11 heavy (non-hydrogen) atoms. The summed E-state index contributed by atoms with van der Waals surface area (Å²) in [5.74, 6) is -0.100. The molecule has 0 bridgehead atoms. The molecule has 0 rings (SSSR count). The van der Waals surface area contributed by atoms with Crippen LogP contribution in [0, 0.1) is 0 Å². The van der Waals surface area contributed by atoms with Crippen molar-refractivity contribution in [1.82, 2.24) is 5.48 Å². The van der Waals surface area contributed by atoms with Gasteiger partial charge >= 0.3 is 0 Å². The number of hydrogen-bond acceptors (Lipinski definition) is 2. The molecule has 3 nitrogen and oxygen atoms in total. The molecule has 66 valence electrons. The molecule has 1 N–H and O–H groups in total. The summed E-state index contributed by atoms with van der Waals surface area (Å²) in [4.78, 5) is 15.8. The largest absolute Gasteiger partial charge is 0.273 e. The molecule has 0 fully saturated rings. The van der Waals surface area contributed by atoms with Gasteiger partial charge in [-0.2, -0.15) is 0 Å². The van der Waals surface area contributed by atoms with Gasteiger partial charge in [-0.15, -0.1) is 0 Å². The standard InChI is InChI=1S/C7H14BrNO2/c1-7(2,3)11-9-6(10)4-5-8/h4-5H2,1-3H3,(H,9,10). The average molecular weight is 224 g/mol. The van der Waals surface area contributed by atoms with Gasteiger partial charge in [-0.3, -0.25) is 9.63 Å². The highest BCUT2D eigenvalue weighted by Gasteiger charge is 2.11. The fourth-order valence-electron chi connectivity index (χ4n) is 0.347. The second-order valence-corrected chi connectivity index (χ2v) is 3.97. The number of halogens is 1. The lowest BCUT2D eigenvalue weighted by Crippen LogP contribution is -2.33. The number of alkyl halides is 1. The van der Waals surface area contributed by atoms with Gasteiger partial charge in [0.15, 0.2) is 0 Å². The van der Waals surface area contributed by atoms with Crippen molar-refractivity contribution in [3.05, 3.63) is 0 Å². The zero-order valence-electron chi connectivity index (χ0n) is 7.11. The molecular weight excluding hydrogens is 210 g/mol. The van der Waals surface area contributed by atoms with Crippen LogP contribution in [0.5, 0.6) is 0 Å². The minimum atomic E-state index is -0.317. The lowest BCUT2D eigenvalue weighted by Gasteiger charge is -2.18. The number of nitrogens with one attached hydrogen (secondary N) is 1. The molecule has 0 aromatic carbocycles. The Morgan fingerprint density at radius 1 is 1.55 bits per heavy atom. The zero-order valence-corrected chi connectivity index (χ0v) is 8.69. The third-order valence-electron chi connectivity index (χ3n) is 0.793. The van der Waals surface area contributed by atoms with E-state index in [4.69, 9.17) is 4.84 Å². The first-order valence-corrected chi connectivity index (χ1v) is 4.60. The lowest BCUT2D eigenvalue weighted by molar-refractivity contribution is -0.145. The van der Waals surface area contributed by atoms with Crippen molar-refractivity contribution in [1.29, 1.82) is 0 Å². The number of rotatable bonds is 3. The van der Waals surface area contributed by atoms with Gasteiger partial charge < -0.3 is 0 Å². The SMILES string of the molecule is CC(C)(C)ONC(=O)CCBr. The molecule has 0 aromatic heterocycles. The van der Waals surface area contributed by atoms with Crippen molar-refractivity contribution in [2.24, 2.45) is 0 Å². The maximum atomic E-state index is 10.8. The second kappa shape index (κ2) is 4.72. The van der Waals surface area contributed by atoms with Crippen LogP contribution in [-0.2, 0) is 9.63 Å². The minimum Gasteiger partial charge on any atom is -0.273 e. The van der Waals surface area contributed by atoms with E-state index in [1.165, 1.54) is 0 Å². The summed E-state index contributed by atoms with van der Waals surface area (Å²) in [6.45, 7) is 5.63. The highest BCUT2D eigenvalue weighted by atomic mass is 79.9. The van der Waals surface area contributed by atoms with Crippen LogP contribution >= 0.6 is 15.9 Å². The van der Waals surface area contributed by atoms with Crippen molar-refractivity contribution >= 4 is 21.8 Å². The molecule has 0 saturated carbocycles. The monoisotopic (exact) mass is 223 g/mol. The zero-order chi connectivity index (χ0) is 8.91. The van der Waals surface area contributed by atoms with E-state index in [1.807, 2.05) is 20.8 Å². The van der Waals surface area contributed by atoms with E-state index in [2.05, 4.69) is 21.4 Å². The van der Waals surface area contributed by atoms with E-state index in [9.17, 15) is 4.79 Å². The molecule has 4 heteroatoms. The van der Waals surface area contributed by atoms with Crippen LogP contribution in [0.2, 0.25) is 0 Å². The van der Waals surface area contributed by atoms with E-state index in [1.54, 1.807) is 0 Å². The number of hydrogen-bond donors (Lipinski definition) is 1. The molecule has 0 heterocycles. The highest BCUT2D eigenvalue weighted by Crippen LogP contribution is 2.03. The summed E-state index contributed by atoms with van der Waals surface area (Å²) in [6, 6.07) is 0. The van der Waals surface area contributed by atoms with Gasteiger partial charge in [-0.25, -0.2) is 5.48 Å². The van der Waals surface area contributed by atoms with E-state index in [-0.39, 0.29) is 11.5 Å². The van der Waals surface area contributed by atoms with Crippen molar-refractivity contribution in [2.45, 2.75) is 32.8 Å². The average Bonchev–Trinajstić information content (AvgIpc) is 1.83. The van der Waals surface area contributed by atoms with Crippen LogP contribution < -0.4 is 5.48 Å². The van der Waals surface area contributed by atoms with E-state index in [0.717, 1.165) is 0 Å². The van der Waals surface area contributed by atoms with Crippen LogP contribution in [0.15, 0.2) is 0 Å². The maximum absolute atomic E-state index is 10.8.